The molecule has 1 aliphatic heterocycles. The lowest BCUT2D eigenvalue weighted by Crippen LogP contribution is -2.37. The number of nitrogens with zero attached hydrogens (tertiary/aromatic N) is 1. The van der Waals surface area contributed by atoms with E-state index in [0.29, 0.717) is 39.9 Å². The van der Waals surface area contributed by atoms with Crippen LogP contribution in [0.4, 0.5) is 11.4 Å². The van der Waals surface area contributed by atoms with E-state index in [1.807, 2.05) is 0 Å². The number of anilines is 2. The zero-order chi connectivity index (χ0) is 18.0. The van der Waals surface area contributed by atoms with Gasteiger partial charge in [-0.2, -0.15) is 0 Å². The average Bonchev–Trinajstić information content (AvgIpc) is 2.57. The molecule has 1 aliphatic rings. The summed E-state index contributed by atoms with van der Waals surface area (Å²) >= 11 is 11.9. The van der Waals surface area contributed by atoms with Gasteiger partial charge in [0, 0.05) is 17.1 Å². The highest BCUT2D eigenvalue weighted by Crippen LogP contribution is 2.27. The van der Waals surface area contributed by atoms with Crippen molar-refractivity contribution in [2.45, 2.75) is 12.8 Å². The SMILES string of the molecule is O=C(Nc1ccc(Cl)cc1Cl)c1cccc(N2CCCCS2(=O)=O)c1. The topological polar surface area (TPSA) is 66.5 Å². The molecular weight excluding hydrogens is 383 g/mol. The van der Waals surface area contributed by atoms with Crippen LogP contribution in [-0.2, 0) is 10.0 Å². The molecule has 1 saturated heterocycles. The zero-order valence-corrected chi connectivity index (χ0v) is 15.5. The van der Waals surface area contributed by atoms with Gasteiger partial charge in [-0.1, -0.05) is 29.3 Å². The van der Waals surface area contributed by atoms with Gasteiger partial charge in [0.15, 0.2) is 0 Å². The molecule has 0 unspecified atom stereocenters. The third-order valence-corrected chi connectivity index (χ3v) is 6.34. The summed E-state index contributed by atoms with van der Waals surface area (Å²) in [6.07, 6.45) is 1.46. The van der Waals surface area contributed by atoms with Crippen molar-refractivity contribution in [3.8, 4) is 0 Å². The van der Waals surface area contributed by atoms with Crippen LogP contribution >= 0.6 is 23.2 Å². The number of rotatable bonds is 3. The lowest BCUT2D eigenvalue weighted by molar-refractivity contribution is 0.102. The molecule has 0 aliphatic carbocycles. The summed E-state index contributed by atoms with van der Waals surface area (Å²) in [7, 11) is -3.32. The van der Waals surface area contributed by atoms with Crippen LogP contribution in [0.2, 0.25) is 10.0 Å². The van der Waals surface area contributed by atoms with Crippen LogP contribution in [0.3, 0.4) is 0 Å². The van der Waals surface area contributed by atoms with Gasteiger partial charge in [0.1, 0.15) is 0 Å². The van der Waals surface area contributed by atoms with Crippen LogP contribution in [0.5, 0.6) is 0 Å². The second kappa shape index (κ2) is 7.23. The highest BCUT2D eigenvalue weighted by Gasteiger charge is 2.26. The first-order chi connectivity index (χ1) is 11.9. The van der Waals surface area contributed by atoms with E-state index >= 15 is 0 Å². The summed E-state index contributed by atoms with van der Waals surface area (Å²) in [6, 6.07) is 11.3. The van der Waals surface area contributed by atoms with Gasteiger partial charge in [-0.3, -0.25) is 9.10 Å². The van der Waals surface area contributed by atoms with Crippen molar-refractivity contribution in [1.29, 1.82) is 0 Å². The second-order valence-electron chi connectivity index (χ2n) is 5.72. The van der Waals surface area contributed by atoms with E-state index in [-0.39, 0.29) is 11.7 Å². The molecule has 25 heavy (non-hydrogen) atoms. The molecule has 0 saturated carbocycles. The Morgan fingerprint density at radius 2 is 1.88 bits per heavy atom. The van der Waals surface area contributed by atoms with Crippen molar-refractivity contribution >= 4 is 50.5 Å². The van der Waals surface area contributed by atoms with Crippen molar-refractivity contribution in [3.05, 3.63) is 58.1 Å². The monoisotopic (exact) mass is 398 g/mol. The molecule has 1 amide bonds. The number of benzene rings is 2. The normalized spacial score (nSPS) is 16.5. The van der Waals surface area contributed by atoms with Crippen LogP contribution < -0.4 is 9.62 Å². The molecule has 0 bridgehead atoms. The minimum absolute atomic E-state index is 0.129. The summed E-state index contributed by atoms with van der Waals surface area (Å²) in [4.78, 5) is 12.5. The fraction of sp³-hybridized carbons (Fsp3) is 0.235. The van der Waals surface area contributed by atoms with Gasteiger partial charge in [0.05, 0.1) is 22.2 Å². The number of hydrogen-bond donors (Lipinski definition) is 1. The van der Waals surface area contributed by atoms with Crippen LogP contribution in [-0.4, -0.2) is 26.6 Å². The van der Waals surface area contributed by atoms with Crippen LogP contribution in [0.25, 0.3) is 0 Å². The number of hydrogen-bond acceptors (Lipinski definition) is 3. The summed E-state index contributed by atoms with van der Waals surface area (Å²) in [5, 5.41) is 3.51. The molecule has 132 valence electrons. The van der Waals surface area contributed by atoms with Gasteiger partial charge < -0.3 is 5.32 Å². The molecule has 2 aromatic carbocycles. The Labute approximate surface area is 156 Å². The van der Waals surface area contributed by atoms with Crippen molar-refractivity contribution in [1.82, 2.24) is 0 Å². The second-order valence-corrected chi connectivity index (χ2v) is 8.58. The van der Waals surface area contributed by atoms with Crippen molar-refractivity contribution in [2.75, 3.05) is 21.9 Å². The van der Waals surface area contributed by atoms with Gasteiger partial charge in [0.2, 0.25) is 10.0 Å². The third-order valence-electron chi connectivity index (χ3n) is 3.92. The maximum atomic E-state index is 12.5. The van der Waals surface area contributed by atoms with Gasteiger partial charge in [-0.05, 0) is 49.2 Å². The van der Waals surface area contributed by atoms with Gasteiger partial charge >= 0.3 is 0 Å². The lowest BCUT2D eigenvalue weighted by Gasteiger charge is -2.28. The first kappa shape index (κ1) is 18.0. The smallest absolute Gasteiger partial charge is 0.255 e. The summed E-state index contributed by atoms with van der Waals surface area (Å²) in [5.41, 5.74) is 1.28. The Morgan fingerprint density at radius 3 is 2.60 bits per heavy atom. The molecule has 5 nitrogen and oxygen atoms in total. The fourth-order valence-electron chi connectivity index (χ4n) is 2.67. The summed E-state index contributed by atoms with van der Waals surface area (Å²) < 4.78 is 25.8. The van der Waals surface area contributed by atoms with Crippen molar-refractivity contribution in [3.63, 3.8) is 0 Å². The molecule has 0 atom stereocenters. The molecule has 8 heteroatoms. The first-order valence-electron chi connectivity index (χ1n) is 7.74. The maximum Gasteiger partial charge on any atom is 0.255 e. The van der Waals surface area contributed by atoms with E-state index in [4.69, 9.17) is 23.2 Å². The first-order valence-corrected chi connectivity index (χ1v) is 10.1. The average molecular weight is 399 g/mol. The van der Waals surface area contributed by atoms with Gasteiger partial charge in [-0.25, -0.2) is 8.42 Å². The summed E-state index contributed by atoms with van der Waals surface area (Å²) in [5.74, 6) is -0.246. The highest BCUT2D eigenvalue weighted by atomic mass is 35.5. The zero-order valence-electron chi connectivity index (χ0n) is 13.2. The molecule has 1 fully saturated rings. The molecule has 2 aromatic rings. The van der Waals surface area contributed by atoms with Gasteiger partial charge in [0.25, 0.3) is 5.91 Å². The Morgan fingerprint density at radius 1 is 1.08 bits per heavy atom. The minimum Gasteiger partial charge on any atom is -0.321 e. The number of sulfonamides is 1. The highest BCUT2D eigenvalue weighted by molar-refractivity contribution is 7.92. The van der Waals surface area contributed by atoms with Gasteiger partial charge in [-0.15, -0.1) is 0 Å². The molecule has 3 rings (SSSR count). The number of carbonyl (C=O) groups excluding carboxylic acids is 1. The number of carbonyl (C=O) groups is 1. The molecule has 1 N–H and O–H groups in total. The molecule has 0 spiro atoms. The predicted octanol–water partition coefficient (Wildman–Crippen LogP) is 4.18. The number of halogens is 2. The minimum atomic E-state index is -3.32. The Hall–Kier alpha value is -1.76. The van der Waals surface area contributed by atoms with E-state index < -0.39 is 10.0 Å². The Bertz CT molecular complexity index is 916. The van der Waals surface area contributed by atoms with Crippen molar-refractivity contribution < 1.29 is 13.2 Å². The molecular formula is C17H16Cl2N2O3S. The van der Waals surface area contributed by atoms with E-state index in [1.54, 1.807) is 36.4 Å². The molecule has 0 radical (unpaired) electrons. The van der Waals surface area contributed by atoms with Crippen LogP contribution in [0.1, 0.15) is 23.2 Å². The quantitative estimate of drug-likeness (QED) is 0.842. The van der Waals surface area contributed by atoms with E-state index in [2.05, 4.69) is 5.32 Å². The largest absolute Gasteiger partial charge is 0.321 e. The molecule has 1 heterocycles. The van der Waals surface area contributed by atoms with Crippen molar-refractivity contribution in [2.24, 2.45) is 0 Å². The third kappa shape index (κ3) is 4.08. The summed E-state index contributed by atoms with van der Waals surface area (Å²) in [6.45, 7) is 0.427. The van der Waals surface area contributed by atoms with E-state index in [0.717, 1.165) is 6.42 Å². The van der Waals surface area contributed by atoms with E-state index in [9.17, 15) is 13.2 Å². The molecule has 0 aromatic heterocycles. The fourth-order valence-corrected chi connectivity index (χ4v) is 4.75. The van der Waals surface area contributed by atoms with Crippen LogP contribution in [0.15, 0.2) is 42.5 Å². The van der Waals surface area contributed by atoms with E-state index in [1.165, 1.54) is 10.4 Å². The lowest BCUT2D eigenvalue weighted by atomic mass is 10.1. The van der Waals surface area contributed by atoms with Crippen LogP contribution in [0, 0.1) is 0 Å². The predicted molar refractivity (Wildman–Crippen MR) is 101 cm³/mol. The Kier molecular flexibility index (Phi) is 5.22. The maximum absolute atomic E-state index is 12.5. The Balaban J connectivity index is 1.84. The number of amides is 1. The standard InChI is InChI=1S/C17H16Cl2N2O3S/c18-13-6-7-16(15(19)11-13)20-17(22)12-4-3-5-14(10-12)21-8-1-2-9-25(21,23)24/h3-7,10-11H,1-2,8-9H2,(H,20,22). The number of nitrogens with one attached hydrogen (secondary N) is 1.